The van der Waals surface area contributed by atoms with Gasteiger partial charge in [0, 0.05) is 57.3 Å². The van der Waals surface area contributed by atoms with Crippen molar-refractivity contribution in [1.82, 2.24) is 24.3 Å². The van der Waals surface area contributed by atoms with E-state index in [1.807, 2.05) is 91.3 Å². The van der Waals surface area contributed by atoms with Crippen LogP contribution in [0.15, 0.2) is 145 Å². The molecule has 0 bridgehead atoms. The SMILES string of the molecule is Cc1cccc(C)c1Nc1c(-c2ccccc2-c2nccs2)nc2ccc(F)cn12.Nc1ccc(F)cn1.O=Cc1ccccc1-c1nccs1.[C-]#[N+]c1c(C)cccc1C. The number of nitrogen functional groups attached to an aromatic ring is 1. The zero-order chi connectivity index (χ0) is 43.3. The summed E-state index contributed by atoms with van der Waals surface area (Å²) < 4.78 is 27.9. The number of aldehydes is 1. The number of halogens is 2. The van der Waals surface area contributed by atoms with Gasteiger partial charge in [0.2, 0.25) is 0 Å². The standard InChI is InChI=1S/C24H19FN4S.C10H7NOS.C9H9N.C5H5FN2/c1-15-6-5-7-16(2)21(15)28-23-22(27-20-11-10-17(25)14-29(20)23)18-8-3-4-9-19(18)24-26-12-13-30-24;12-7-8-3-1-2-4-9(8)10-11-5-6-13-10;1-7-5-4-6-8(2)9(7)10-3;6-4-1-2-5(7)8-3-4/h3-14,28H,1-2H3;1-7H;4-6H,1-2H3;1-3H,(H2,7,8). The molecule has 0 radical (unpaired) electrons. The van der Waals surface area contributed by atoms with Gasteiger partial charge < -0.3 is 11.1 Å². The molecule has 9 rings (SSSR count). The monoisotopic (exact) mass is 846 g/mol. The van der Waals surface area contributed by atoms with Crippen LogP contribution in [0.25, 0.3) is 42.9 Å². The lowest BCUT2D eigenvalue weighted by molar-refractivity contribution is 0.112. The van der Waals surface area contributed by atoms with E-state index < -0.39 is 0 Å². The zero-order valence-electron chi connectivity index (χ0n) is 33.7. The molecule has 0 atom stereocenters. The first-order valence-corrected chi connectivity index (χ1v) is 20.6. The predicted molar refractivity (Wildman–Crippen MR) is 245 cm³/mol. The van der Waals surface area contributed by atoms with Gasteiger partial charge in [0.05, 0.1) is 12.8 Å². The van der Waals surface area contributed by atoms with E-state index in [0.29, 0.717) is 17.0 Å². The molecule has 0 aliphatic heterocycles. The van der Waals surface area contributed by atoms with Crippen molar-refractivity contribution in [2.75, 3.05) is 11.1 Å². The number of nitrogens with zero attached hydrogens (tertiary/aromatic N) is 6. The van der Waals surface area contributed by atoms with Crippen molar-refractivity contribution in [3.8, 4) is 32.4 Å². The highest BCUT2D eigenvalue weighted by Gasteiger charge is 2.20. The van der Waals surface area contributed by atoms with Crippen molar-refractivity contribution in [1.29, 1.82) is 0 Å². The number of hydrogen-bond acceptors (Lipinski definition) is 9. The maximum atomic E-state index is 14.1. The largest absolute Gasteiger partial charge is 0.384 e. The van der Waals surface area contributed by atoms with Crippen LogP contribution >= 0.6 is 22.7 Å². The Hall–Kier alpha value is -7.40. The van der Waals surface area contributed by atoms with Gasteiger partial charge in [-0.05, 0) is 74.2 Å². The molecule has 0 saturated carbocycles. The molecule has 9 nitrogen and oxygen atoms in total. The quantitative estimate of drug-likeness (QED) is 0.126. The van der Waals surface area contributed by atoms with Gasteiger partial charge in [-0.2, -0.15) is 0 Å². The molecule has 4 aromatic carbocycles. The fourth-order valence-corrected chi connectivity index (χ4v) is 7.57. The van der Waals surface area contributed by atoms with Gasteiger partial charge >= 0.3 is 0 Å². The van der Waals surface area contributed by atoms with E-state index in [4.69, 9.17) is 17.3 Å². The van der Waals surface area contributed by atoms with E-state index in [2.05, 4.69) is 51.1 Å². The van der Waals surface area contributed by atoms with Crippen molar-refractivity contribution in [3.63, 3.8) is 0 Å². The number of aryl methyl sites for hydroxylation is 4. The third kappa shape index (κ3) is 10.8. The molecule has 5 heterocycles. The number of rotatable bonds is 6. The summed E-state index contributed by atoms with van der Waals surface area (Å²) in [5, 5.41) is 9.22. The Morgan fingerprint density at radius 1 is 0.689 bits per heavy atom. The summed E-state index contributed by atoms with van der Waals surface area (Å²) in [4.78, 5) is 31.1. The van der Waals surface area contributed by atoms with Crippen molar-refractivity contribution in [2.45, 2.75) is 27.7 Å². The number of para-hydroxylation sites is 2. The highest BCUT2D eigenvalue weighted by Crippen LogP contribution is 2.39. The first-order valence-electron chi connectivity index (χ1n) is 18.8. The van der Waals surface area contributed by atoms with E-state index in [1.54, 1.807) is 40.3 Å². The van der Waals surface area contributed by atoms with Crippen LogP contribution in [0.3, 0.4) is 0 Å². The van der Waals surface area contributed by atoms with Gasteiger partial charge in [-0.1, -0.05) is 84.9 Å². The number of carbonyl (C=O) groups is 1. The molecule has 0 saturated heterocycles. The van der Waals surface area contributed by atoms with Crippen LogP contribution in [0.5, 0.6) is 0 Å². The molecule has 0 aliphatic carbocycles. The maximum Gasteiger partial charge on any atom is 0.193 e. The minimum Gasteiger partial charge on any atom is -0.384 e. The molecule has 13 heteroatoms. The summed E-state index contributed by atoms with van der Waals surface area (Å²) >= 11 is 3.12. The summed E-state index contributed by atoms with van der Waals surface area (Å²) in [6.45, 7) is 14.9. The summed E-state index contributed by atoms with van der Waals surface area (Å²) in [7, 11) is 0. The van der Waals surface area contributed by atoms with E-state index in [-0.39, 0.29) is 11.6 Å². The van der Waals surface area contributed by atoms with Gasteiger partial charge in [0.1, 0.15) is 44.6 Å². The molecule has 0 unspecified atom stereocenters. The molecule has 0 spiro atoms. The van der Waals surface area contributed by atoms with E-state index in [9.17, 15) is 13.6 Å². The number of benzene rings is 4. The van der Waals surface area contributed by atoms with E-state index in [1.165, 1.54) is 35.7 Å². The van der Waals surface area contributed by atoms with Gasteiger partial charge in [-0.25, -0.2) is 33.6 Å². The number of carbonyl (C=O) groups excluding carboxylic acids is 1. The molecule has 0 amide bonds. The average Bonchev–Trinajstić information content (AvgIpc) is 4.07. The molecule has 0 aliphatic rings. The Morgan fingerprint density at radius 2 is 1.26 bits per heavy atom. The number of nitrogens with one attached hydrogen (secondary N) is 1. The Balaban J connectivity index is 0.000000164. The number of pyridine rings is 2. The molecular weight excluding hydrogens is 807 g/mol. The smallest absolute Gasteiger partial charge is 0.193 e. The Kier molecular flexibility index (Phi) is 14.5. The highest BCUT2D eigenvalue weighted by molar-refractivity contribution is 7.13. The fraction of sp³-hybridized carbons (Fsp3) is 0.0833. The number of thiazole rings is 2. The lowest BCUT2D eigenvalue weighted by atomic mass is 10.0. The van der Waals surface area contributed by atoms with Gasteiger partial charge in [-0.3, -0.25) is 9.20 Å². The van der Waals surface area contributed by atoms with E-state index in [0.717, 1.165) is 84.3 Å². The number of aromatic nitrogens is 5. The van der Waals surface area contributed by atoms with Gasteiger partial charge in [0.25, 0.3) is 0 Å². The van der Waals surface area contributed by atoms with Crippen LogP contribution in [-0.2, 0) is 0 Å². The Labute approximate surface area is 360 Å². The average molecular weight is 847 g/mol. The van der Waals surface area contributed by atoms with E-state index >= 15 is 0 Å². The first kappa shape index (κ1) is 43.2. The lowest BCUT2D eigenvalue weighted by Crippen LogP contribution is -2.01. The van der Waals surface area contributed by atoms with Crippen LogP contribution < -0.4 is 11.1 Å². The van der Waals surface area contributed by atoms with Crippen LogP contribution in [-0.4, -0.2) is 30.6 Å². The minimum absolute atomic E-state index is 0.316. The third-order valence-corrected chi connectivity index (χ3v) is 10.8. The zero-order valence-corrected chi connectivity index (χ0v) is 35.3. The molecule has 3 N–H and O–H groups in total. The molecule has 9 aromatic rings. The van der Waals surface area contributed by atoms with Crippen molar-refractivity contribution in [3.05, 3.63) is 196 Å². The Bertz CT molecular complexity index is 2840. The van der Waals surface area contributed by atoms with Crippen LogP contribution in [0.2, 0.25) is 0 Å². The summed E-state index contributed by atoms with van der Waals surface area (Å²) in [6, 6.07) is 33.4. The van der Waals surface area contributed by atoms with Crippen molar-refractivity contribution < 1.29 is 13.6 Å². The topological polar surface area (TPSA) is 115 Å². The van der Waals surface area contributed by atoms with Gasteiger partial charge in [0.15, 0.2) is 12.0 Å². The summed E-state index contributed by atoms with van der Waals surface area (Å²) in [5.74, 6) is 0.390. The first-order chi connectivity index (χ1) is 29.6. The second-order valence-corrected chi connectivity index (χ2v) is 15.2. The third-order valence-electron chi connectivity index (χ3n) is 9.20. The van der Waals surface area contributed by atoms with Crippen molar-refractivity contribution in [2.24, 2.45) is 0 Å². The predicted octanol–water partition coefficient (Wildman–Crippen LogP) is 12.9. The molecule has 304 valence electrons. The number of anilines is 3. The number of hydrogen-bond donors (Lipinski definition) is 2. The molecular formula is C48H40F2N8OS2. The summed E-state index contributed by atoms with van der Waals surface area (Å²) in [5.41, 5.74) is 16.3. The number of imidazole rings is 1. The van der Waals surface area contributed by atoms with Crippen LogP contribution in [0, 0.1) is 45.9 Å². The molecule has 5 aromatic heterocycles. The fourth-order valence-electron chi connectivity index (χ4n) is 6.21. The maximum absolute atomic E-state index is 14.1. The van der Waals surface area contributed by atoms with Crippen molar-refractivity contribution >= 4 is 57.6 Å². The Morgan fingerprint density at radius 3 is 1.80 bits per heavy atom. The highest BCUT2D eigenvalue weighted by atomic mass is 32.1. The van der Waals surface area contributed by atoms with Gasteiger partial charge in [-0.15, -0.1) is 22.7 Å². The number of fused-ring (bicyclic) bond motifs is 1. The number of nitrogens with two attached hydrogens (primary N) is 1. The normalized spacial score (nSPS) is 10.2. The second-order valence-electron chi connectivity index (χ2n) is 13.5. The molecule has 61 heavy (non-hydrogen) atoms. The van der Waals surface area contributed by atoms with Crippen LogP contribution in [0.4, 0.5) is 31.8 Å². The molecule has 0 fully saturated rings. The van der Waals surface area contributed by atoms with Crippen LogP contribution in [0.1, 0.15) is 32.6 Å². The minimum atomic E-state index is -0.362. The summed E-state index contributed by atoms with van der Waals surface area (Å²) in [6.07, 6.45) is 6.94. The lowest BCUT2D eigenvalue weighted by Gasteiger charge is -2.15. The second kappa shape index (κ2) is 20.5.